The minimum Gasteiger partial charge on any atom is -0.453 e. The number of carbonyl (C=O) groups excluding carboxylic acids is 1. The second kappa shape index (κ2) is 5.21. The van der Waals surface area contributed by atoms with Crippen molar-refractivity contribution in [2.45, 2.75) is 6.92 Å². The van der Waals surface area contributed by atoms with Crippen LogP contribution in [-0.4, -0.2) is 12.3 Å². The van der Waals surface area contributed by atoms with E-state index >= 15 is 0 Å². The lowest BCUT2D eigenvalue weighted by Gasteiger charge is -2.03. The van der Waals surface area contributed by atoms with Crippen LogP contribution in [0.5, 0.6) is 0 Å². The van der Waals surface area contributed by atoms with Gasteiger partial charge in [-0.2, -0.15) is 0 Å². The Bertz CT molecular complexity index is 744. The summed E-state index contributed by atoms with van der Waals surface area (Å²) in [5.74, 6) is 0.344. The molecule has 0 aliphatic heterocycles. The molecule has 1 N–H and O–H groups in total. The number of anilines is 1. The van der Waals surface area contributed by atoms with E-state index in [0.29, 0.717) is 5.76 Å². The molecule has 3 nitrogen and oxygen atoms in total. The van der Waals surface area contributed by atoms with E-state index in [0.717, 1.165) is 22.2 Å². The van der Waals surface area contributed by atoms with Gasteiger partial charge in [-0.25, -0.2) is 0 Å². The van der Waals surface area contributed by atoms with Crippen molar-refractivity contribution in [2.24, 2.45) is 0 Å². The predicted octanol–water partition coefficient (Wildman–Crippen LogP) is 4.04. The standard InChI is InChI=1S/C17H15NO2/c1-12-7-8-16-13(9-12)10-17(20-16)15(19)11-18-14-5-3-2-4-6-14/h2-10,18H,11H2,1H3. The van der Waals surface area contributed by atoms with Gasteiger partial charge in [-0.1, -0.05) is 29.8 Å². The lowest BCUT2D eigenvalue weighted by Crippen LogP contribution is -2.13. The third kappa shape index (κ3) is 2.57. The van der Waals surface area contributed by atoms with Gasteiger partial charge in [0.15, 0.2) is 5.76 Å². The zero-order chi connectivity index (χ0) is 13.9. The van der Waals surface area contributed by atoms with Crippen molar-refractivity contribution in [3.05, 3.63) is 65.9 Å². The lowest BCUT2D eigenvalue weighted by atomic mass is 10.2. The Labute approximate surface area is 117 Å². The Balaban J connectivity index is 1.75. The summed E-state index contributed by atoms with van der Waals surface area (Å²) in [6.45, 7) is 2.24. The van der Waals surface area contributed by atoms with Gasteiger partial charge in [0.1, 0.15) is 5.58 Å². The van der Waals surface area contributed by atoms with Gasteiger partial charge < -0.3 is 9.73 Å². The number of Topliss-reactive ketones (excluding diaryl/α,β-unsaturated/α-hetero) is 1. The van der Waals surface area contributed by atoms with Crippen LogP contribution in [0.3, 0.4) is 0 Å². The van der Waals surface area contributed by atoms with E-state index in [1.54, 1.807) is 6.07 Å². The Kier molecular flexibility index (Phi) is 3.25. The summed E-state index contributed by atoms with van der Waals surface area (Å²) in [5, 5.41) is 4.05. The monoisotopic (exact) mass is 265 g/mol. The highest BCUT2D eigenvalue weighted by Crippen LogP contribution is 2.21. The van der Waals surface area contributed by atoms with Crippen molar-refractivity contribution < 1.29 is 9.21 Å². The predicted molar refractivity (Wildman–Crippen MR) is 80.2 cm³/mol. The highest BCUT2D eigenvalue weighted by Gasteiger charge is 2.12. The zero-order valence-electron chi connectivity index (χ0n) is 11.2. The van der Waals surface area contributed by atoms with Gasteiger partial charge in [-0.3, -0.25) is 4.79 Å². The molecule has 1 aromatic heterocycles. The molecule has 0 saturated heterocycles. The van der Waals surface area contributed by atoms with E-state index in [4.69, 9.17) is 4.42 Å². The number of rotatable bonds is 4. The third-order valence-corrected chi connectivity index (χ3v) is 3.17. The molecule has 20 heavy (non-hydrogen) atoms. The number of carbonyl (C=O) groups is 1. The number of hydrogen-bond donors (Lipinski definition) is 1. The zero-order valence-corrected chi connectivity index (χ0v) is 11.2. The van der Waals surface area contributed by atoms with Crippen LogP contribution >= 0.6 is 0 Å². The first-order chi connectivity index (χ1) is 9.72. The molecule has 0 bridgehead atoms. The highest BCUT2D eigenvalue weighted by molar-refractivity contribution is 6.00. The largest absolute Gasteiger partial charge is 0.453 e. The summed E-state index contributed by atoms with van der Waals surface area (Å²) >= 11 is 0. The molecule has 0 radical (unpaired) electrons. The Morgan fingerprint density at radius 1 is 1.10 bits per heavy atom. The van der Waals surface area contributed by atoms with Crippen LogP contribution < -0.4 is 5.32 Å². The molecule has 0 aliphatic rings. The molecule has 2 aromatic carbocycles. The van der Waals surface area contributed by atoms with Crippen molar-refractivity contribution >= 4 is 22.4 Å². The number of hydrogen-bond acceptors (Lipinski definition) is 3. The van der Waals surface area contributed by atoms with Gasteiger partial charge >= 0.3 is 0 Å². The van der Waals surface area contributed by atoms with E-state index < -0.39 is 0 Å². The van der Waals surface area contributed by atoms with E-state index in [1.807, 2.05) is 55.5 Å². The van der Waals surface area contributed by atoms with Crippen LogP contribution in [0.2, 0.25) is 0 Å². The first kappa shape index (κ1) is 12.5. The van der Waals surface area contributed by atoms with Crippen LogP contribution in [0.25, 0.3) is 11.0 Å². The second-order valence-corrected chi connectivity index (χ2v) is 4.79. The van der Waals surface area contributed by atoms with Crippen LogP contribution in [0.15, 0.2) is 59.0 Å². The molecule has 3 rings (SSSR count). The van der Waals surface area contributed by atoms with Crippen LogP contribution in [-0.2, 0) is 0 Å². The fourth-order valence-electron chi connectivity index (χ4n) is 2.13. The molecular weight excluding hydrogens is 250 g/mol. The number of ketones is 1. The van der Waals surface area contributed by atoms with Gasteiger partial charge in [0, 0.05) is 11.1 Å². The van der Waals surface area contributed by atoms with E-state index in [-0.39, 0.29) is 12.3 Å². The fraction of sp³-hybridized carbons (Fsp3) is 0.118. The number of aryl methyl sites for hydroxylation is 1. The third-order valence-electron chi connectivity index (χ3n) is 3.17. The summed E-state index contributed by atoms with van der Waals surface area (Å²) in [6, 6.07) is 17.3. The van der Waals surface area contributed by atoms with E-state index in [9.17, 15) is 4.79 Å². The maximum absolute atomic E-state index is 12.1. The topological polar surface area (TPSA) is 42.2 Å². The van der Waals surface area contributed by atoms with Crippen molar-refractivity contribution in [1.82, 2.24) is 0 Å². The number of para-hydroxylation sites is 1. The van der Waals surface area contributed by atoms with Crippen LogP contribution in [0.1, 0.15) is 16.1 Å². The Hall–Kier alpha value is -2.55. The highest BCUT2D eigenvalue weighted by atomic mass is 16.3. The molecule has 3 aromatic rings. The summed E-state index contributed by atoms with van der Waals surface area (Å²) in [5.41, 5.74) is 2.83. The lowest BCUT2D eigenvalue weighted by molar-refractivity contribution is 0.0982. The molecule has 0 spiro atoms. The maximum Gasteiger partial charge on any atom is 0.216 e. The fourth-order valence-corrected chi connectivity index (χ4v) is 2.13. The summed E-state index contributed by atoms with van der Waals surface area (Å²) in [6.07, 6.45) is 0. The molecule has 3 heteroatoms. The first-order valence-corrected chi connectivity index (χ1v) is 6.55. The maximum atomic E-state index is 12.1. The van der Waals surface area contributed by atoms with Gasteiger partial charge in [0.25, 0.3) is 0 Å². The average molecular weight is 265 g/mol. The first-order valence-electron chi connectivity index (χ1n) is 6.55. The molecule has 1 heterocycles. The van der Waals surface area contributed by atoms with Gasteiger partial charge in [0.05, 0.1) is 6.54 Å². The summed E-state index contributed by atoms with van der Waals surface area (Å²) < 4.78 is 5.58. The van der Waals surface area contributed by atoms with Gasteiger partial charge in [-0.05, 0) is 37.3 Å². The number of nitrogens with one attached hydrogen (secondary N) is 1. The number of fused-ring (bicyclic) bond motifs is 1. The van der Waals surface area contributed by atoms with Crippen LogP contribution in [0.4, 0.5) is 5.69 Å². The van der Waals surface area contributed by atoms with Crippen LogP contribution in [0, 0.1) is 6.92 Å². The summed E-state index contributed by atoms with van der Waals surface area (Å²) in [7, 11) is 0. The molecule has 0 atom stereocenters. The Morgan fingerprint density at radius 3 is 2.70 bits per heavy atom. The van der Waals surface area contributed by atoms with Crippen molar-refractivity contribution in [3.63, 3.8) is 0 Å². The average Bonchev–Trinajstić information content (AvgIpc) is 2.89. The Morgan fingerprint density at radius 2 is 1.90 bits per heavy atom. The summed E-state index contributed by atoms with van der Waals surface area (Å²) in [4.78, 5) is 12.1. The molecule has 0 fully saturated rings. The molecule has 0 saturated carbocycles. The van der Waals surface area contributed by atoms with Crippen molar-refractivity contribution in [3.8, 4) is 0 Å². The minimum absolute atomic E-state index is 0.0530. The molecule has 0 amide bonds. The molecule has 0 aliphatic carbocycles. The van der Waals surface area contributed by atoms with E-state index in [1.165, 1.54) is 0 Å². The molecule has 100 valence electrons. The van der Waals surface area contributed by atoms with Gasteiger partial charge in [0.2, 0.25) is 5.78 Å². The molecule has 0 unspecified atom stereocenters. The van der Waals surface area contributed by atoms with E-state index in [2.05, 4.69) is 5.32 Å². The smallest absolute Gasteiger partial charge is 0.216 e. The molecular formula is C17H15NO2. The van der Waals surface area contributed by atoms with Crippen molar-refractivity contribution in [2.75, 3.05) is 11.9 Å². The van der Waals surface area contributed by atoms with Gasteiger partial charge in [-0.15, -0.1) is 0 Å². The SMILES string of the molecule is Cc1ccc2oc(C(=O)CNc3ccccc3)cc2c1. The normalized spacial score (nSPS) is 10.7. The number of benzene rings is 2. The second-order valence-electron chi connectivity index (χ2n) is 4.79. The van der Waals surface area contributed by atoms with Crippen molar-refractivity contribution in [1.29, 1.82) is 0 Å². The minimum atomic E-state index is -0.0530. The quantitative estimate of drug-likeness (QED) is 0.724. The number of furan rings is 1.